The number of aromatic nitrogens is 2. The Morgan fingerprint density at radius 1 is 1.17 bits per heavy atom. The van der Waals surface area contributed by atoms with E-state index in [-0.39, 0.29) is 0 Å². The van der Waals surface area contributed by atoms with Crippen molar-refractivity contribution in [3.63, 3.8) is 0 Å². The van der Waals surface area contributed by atoms with Crippen LogP contribution in [0.25, 0.3) is 11.0 Å². The van der Waals surface area contributed by atoms with Gasteiger partial charge in [-0.25, -0.2) is 14.2 Å². The maximum Gasteiger partial charge on any atom is 0.337 e. The highest BCUT2D eigenvalue weighted by Gasteiger charge is 2.32. The summed E-state index contributed by atoms with van der Waals surface area (Å²) in [5.41, 5.74) is 11.9. The van der Waals surface area contributed by atoms with Crippen LogP contribution in [0.4, 0.5) is 10.5 Å². The van der Waals surface area contributed by atoms with Gasteiger partial charge in [-0.3, -0.25) is 9.36 Å². The second kappa shape index (κ2) is 7.93. The van der Waals surface area contributed by atoms with Crippen molar-refractivity contribution >= 4 is 28.7 Å². The van der Waals surface area contributed by atoms with Crippen molar-refractivity contribution in [2.45, 2.75) is 65.5 Å². The van der Waals surface area contributed by atoms with E-state index >= 15 is 0 Å². The van der Waals surface area contributed by atoms with Crippen molar-refractivity contribution in [1.29, 1.82) is 0 Å². The van der Waals surface area contributed by atoms with E-state index in [1.165, 1.54) is 6.42 Å². The van der Waals surface area contributed by atoms with Crippen molar-refractivity contribution in [3.05, 3.63) is 28.7 Å². The first kappa shape index (κ1) is 21.0. The number of carbonyl (C=O) groups excluding carboxylic acids is 2. The second-order valence-electron chi connectivity index (χ2n) is 9.13. The van der Waals surface area contributed by atoms with E-state index in [1.807, 2.05) is 0 Å². The molecule has 1 saturated carbocycles. The van der Waals surface area contributed by atoms with Crippen molar-refractivity contribution in [2.24, 2.45) is 17.1 Å². The highest BCUT2D eigenvalue weighted by molar-refractivity contribution is 5.93. The number of nitrogens with one attached hydrogen (secondary N) is 1. The monoisotopic (exact) mass is 401 g/mol. The Bertz CT molecular complexity index is 977. The Balaban J connectivity index is 2.03. The summed E-state index contributed by atoms with van der Waals surface area (Å²) in [6, 6.07) is 3.52. The zero-order valence-electron chi connectivity index (χ0n) is 17.4. The molecule has 1 aromatic heterocycles. The molecule has 0 radical (unpaired) electrons. The van der Waals surface area contributed by atoms with E-state index < -0.39 is 29.1 Å². The molecule has 2 aromatic rings. The molecular formula is C21H31N5O3. The normalized spacial score (nSPS) is 16.7. The molecule has 1 heterocycles. The number of anilines is 1. The number of nitrogen functional groups attached to an aromatic ring is 1. The van der Waals surface area contributed by atoms with Crippen LogP contribution in [0.2, 0.25) is 0 Å². The third-order valence-corrected chi connectivity index (χ3v) is 5.74. The molecule has 158 valence electrons. The van der Waals surface area contributed by atoms with Crippen molar-refractivity contribution in [2.75, 3.05) is 5.73 Å². The van der Waals surface area contributed by atoms with Gasteiger partial charge in [0, 0.05) is 12.2 Å². The van der Waals surface area contributed by atoms with Crippen molar-refractivity contribution < 1.29 is 9.59 Å². The number of rotatable bonds is 4. The molecular weight excluding hydrogens is 370 g/mol. The molecule has 1 aliphatic carbocycles. The molecule has 1 atom stereocenters. The maximum atomic E-state index is 13.2. The number of nitrogens with zero attached hydrogens (tertiary/aromatic N) is 2. The maximum absolute atomic E-state index is 13.2. The Morgan fingerprint density at radius 2 is 1.83 bits per heavy atom. The molecule has 1 fully saturated rings. The van der Waals surface area contributed by atoms with Crippen LogP contribution < -0.4 is 22.5 Å². The van der Waals surface area contributed by atoms with Gasteiger partial charge < -0.3 is 16.8 Å². The van der Waals surface area contributed by atoms with Crippen LogP contribution in [0.3, 0.4) is 0 Å². The van der Waals surface area contributed by atoms with Gasteiger partial charge in [-0.05, 0) is 42.4 Å². The topological polar surface area (TPSA) is 125 Å². The van der Waals surface area contributed by atoms with Gasteiger partial charge in [0.25, 0.3) is 0 Å². The predicted octanol–water partition coefficient (Wildman–Crippen LogP) is 2.42. The number of hydrogen-bond acceptors (Lipinski definition) is 4. The van der Waals surface area contributed by atoms with Crippen LogP contribution in [0.1, 0.15) is 52.9 Å². The van der Waals surface area contributed by atoms with E-state index in [0.717, 1.165) is 30.3 Å². The lowest BCUT2D eigenvalue weighted by Crippen LogP contribution is -2.54. The first-order valence-electron chi connectivity index (χ1n) is 10.2. The van der Waals surface area contributed by atoms with Gasteiger partial charge in [0.05, 0.1) is 11.0 Å². The van der Waals surface area contributed by atoms with Gasteiger partial charge in [-0.15, -0.1) is 0 Å². The summed E-state index contributed by atoms with van der Waals surface area (Å²) in [6.07, 6.45) is 5.71. The van der Waals surface area contributed by atoms with E-state index in [9.17, 15) is 14.4 Å². The number of benzene rings is 1. The first-order chi connectivity index (χ1) is 13.6. The highest BCUT2D eigenvalue weighted by Crippen LogP contribution is 2.27. The first-order valence-corrected chi connectivity index (χ1v) is 10.2. The lowest BCUT2D eigenvalue weighted by Gasteiger charge is -2.28. The summed E-state index contributed by atoms with van der Waals surface area (Å²) in [5.74, 6) is -0.238. The summed E-state index contributed by atoms with van der Waals surface area (Å²) < 4.78 is 2.72. The smallest absolute Gasteiger partial charge is 0.337 e. The van der Waals surface area contributed by atoms with Gasteiger partial charge in [0.1, 0.15) is 6.04 Å². The summed E-state index contributed by atoms with van der Waals surface area (Å²) in [6.45, 7) is 5.97. The molecule has 0 aliphatic heterocycles. The average Bonchev–Trinajstić information content (AvgIpc) is 2.90. The summed E-state index contributed by atoms with van der Waals surface area (Å²) in [4.78, 5) is 38.2. The van der Waals surface area contributed by atoms with Gasteiger partial charge >= 0.3 is 11.7 Å². The van der Waals surface area contributed by atoms with E-state index in [0.29, 0.717) is 29.2 Å². The molecule has 3 rings (SSSR count). The Kier molecular flexibility index (Phi) is 5.73. The molecule has 0 saturated heterocycles. The van der Waals surface area contributed by atoms with Crippen LogP contribution >= 0.6 is 0 Å². The fourth-order valence-electron chi connectivity index (χ4n) is 4.18. The van der Waals surface area contributed by atoms with Crippen LogP contribution in [-0.4, -0.2) is 27.1 Å². The Labute approximate surface area is 170 Å². The highest BCUT2D eigenvalue weighted by atomic mass is 16.2. The molecule has 8 nitrogen and oxygen atoms in total. The minimum atomic E-state index is -0.917. The molecule has 5 N–H and O–H groups in total. The fourth-order valence-corrected chi connectivity index (χ4v) is 4.18. The Hall–Kier alpha value is -2.77. The number of amides is 2. The number of carbonyl (C=O) groups is 2. The standard InChI is InChI=1S/C21H31N5O3/c1-21(2,3)17(18(23)27)24-19(28)26-16-11-14(22)9-10-15(16)25(20(26)29)12-13-7-5-4-6-8-13/h9-11,13,17H,4-8,12,22H2,1-3H3,(H2,23,27)(H,24,28). The van der Waals surface area contributed by atoms with E-state index in [1.54, 1.807) is 43.5 Å². The SMILES string of the molecule is CC(C)(C)C(NC(=O)n1c(=O)n(CC2CCCCC2)c2ccc(N)cc21)C(N)=O. The third kappa shape index (κ3) is 4.31. The fraction of sp³-hybridized carbons (Fsp3) is 0.571. The molecule has 1 aromatic carbocycles. The number of fused-ring (bicyclic) bond motifs is 1. The molecule has 8 heteroatoms. The average molecular weight is 402 g/mol. The van der Waals surface area contributed by atoms with Gasteiger partial charge in [0.2, 0.25) is 5.91 Å². The summed E-state index contributed by atoms with van der Waals surface area (Å²) >= 11 is 0. The molecule has 0 bridgehead atoms. The molecule has 0 spiro atoms. The van der Waals surface area contributed by atoms with Crippen molar-refractivity contribution in [3.8, 4) is 0 Å². The quantitative estimate of drug-likeness (QED) is 0.680. The number of hydrogen-bond donors (Lipinski definition) is 3. The van der Waals surface area contributed by atoms with Gasteiger partial charge in [-0.1, -0.05) is 40.0 Å². The largest absolute Gasteiger partial charge is 0.399 e. The minimum absolute atomic E-state index is 0.411. The van der Waals surface area contributed by atoms with Crippen LogP contribution in [0, 0.1) is 11.3 Å². The Morgan fingerprint density at radius 3 is 2.41 bits per heavy atom. The summed E-state index contributed by atoms with van der Waals surface area (Å²) in [7, 11) is 0. The lowest BCUT2D eigenvalue weighted by molar-refractivity contribution is -0.122. The number of imidazole rings is 1. The van der Waals surface area contributed by atoms with Crippen LogP contribution in [0.5, 0.6) is 0 Å². The van der Waals surface area contributed by atoms with Gasteiger partial charge in [-0.2, -0.15) is 0 Å². The van der Waals surface area contributed by atoms with Crippen molar-refractivity contribution in [1.82, 2.24) is 14.5 Å². The molecule has 29 heavy (non-hydrogen) atoms. The number of primary amides is 1. The van der Waals surface area contributed by atoms with Gasteiger partial charge in [0.15, 0.2) is 0 Å². The zero-order chi connectivity index (χ0) is 21.3. The molecule has 1 unspecified atom stereocenters. The van der Waals surface area contributed by atoms with E-state index in [4.69, 9.17) is 11.5 Å². The molecule has 2 amide bonds. The van der Waals surface area contributed by atoms with E-state index in [2.05, 4.69) is 5.32 Å². The number of nitrogens with two attached hydrogens (primary N) is 2. The lowest BCUT2D eigenvalue weighted by atomic mass is 9.86. The second-order valence-corrected chi connectivity index (χ2v) is 9.13. The molecule has 1 aliphatic rings. The van der Waals surface area contributed by atoms with Crippen LogP contribution in [-0.2, 0) is 11.3 Å². The third-order valence-electron chi connectivity index (χ3n) is 5.74. The predicted molar refractivity (Wildman–Crippen MR) is 114 cm³/mol. The minimum Gasteiger partial charge on any atom is -0.399 e. The summed E-state index contributed by atoms with van der Waals surface area (Å²) in [5, 5.41) is 2.64. The zero-order valence-corrected chi connectivity index (χ0v) is 17.4. The van der Waals surface area contributed by atoms with Crippen LogP contribution in [0.15, 0.2) is 23.0 Å².